The van der Waals surface area contributed by atoms with Gasteiger partial charge >= 0.3 is 24.2 Å². The molecule has 0 spiro atoms. The van der Waals surface area contributed by atoms with Crippen molar-refractivity contribution in [3.63, 3.8) is 0 Å². The Balaban J connectivity index is -0.000000158. The SMILES string of the molecule is C.C.C.C.C.C.C.C.C.C.C.C.C.C.C.C.CCC(C)(C)C(=O)OC1(CC)CC2CC1C1CCCC21.CCC(C)(C)C(=O)OC1(CC)CC2CC1C1CCCC21.CCC(C)c1ccc(O)cc1.CCC(C)c1ccc(O)cc1.CCC(C)c1ccc(OC(=O)OC(C)(C)C)cc1.CCC(C)c1ccc(OC(=O)OC(C)(C)C)cc1.CCC(C)c1ccc(OC2CCCCO2)cc1.CCOC(C)Oc1ccc(C(C)CC)cc1. The van der Waals surface area contributed by atoms with Crippen LogP contribution >= 0.6 is 0 Å². The third-order valence-electron chi connectivity index (χ3n) is 29.5. The Hall–Kier alpha value is -8.08. The van der Waals surface area contributed by atoms with Crippen LogP contribution in [-0.4, -0.2) is 82.7 Å². The van der Waals surface area contributed by atoms with E-state index in [2.05, 4.69) is 147 Å². The summed E-state index contributed by atoms with van der Waals surface area (Å²) in [5.74, 6) is 13.6. The van der Waals surface area contributed by atoms with E-state index >= 15 is 0 Å². The predicted molar refractivity (Wildman–Crippen MR) is 642 cm³/mol. The van der Waals surface area contributed by atoms with Crippen molar-refractivity contribution < 1.29 is 76.8 Å². The topological polar surface area (TPSA) is 201 Å². The number of benzene rings is 6. The zero-order valence-corrected chi connectivity index (χ0v) is 86.4. The van der Waals surface area contributed by atoms with Gasteiger partial charge in [0.05, 0.1) is 17.4 Å². The number of phenols is 2. The van der Waals surface area contributed by atoms with E-state index in [9.17, 15) is 19.2 Å². The first-order chi connectivity index (χ1) is 61.9. The van der Waals surface area contributed by atoms with Gasteiger partial charge in [0.25, 0.3) is 0 Å². The van der Waals surface area contributed by atoms with Gasteiger partial charge in [-0.3, -0.25) is 9.59 Å². The van der Waals surface area contributed by atoms with Crippen molar-refractivity contribution in [2.75, 3.05) is 13.2 Å². The summed E-state index contributed by atoms with van der Waals surface area (Å²) in [6, 6.07) is 46.7. The molecule has 6 aliphatic carbocycles. The van der Waals surface area contributed by atoms with Gasteiger partial charge in [0, 0.05) is 24.9 Å². The van der Waals surface area contributed by atoms with Crippen LogP contribution in [0.4, 0.5) is 9.59 Å². The van der Waals surface area contributed by atoms with Gasteiger partial charge in [-0.1, -0.05) is 315 Å². The molecule has 16 nitrogen and oxygen atoms in total. The lowest BCUT2D eigenvalue weighted by Gasteiger charge is -2.43. The third kappa shape index (κ3) is 50.4. The fourth-order valence-electron chi connectivity index (χ4n) is 19.2. The molecule has 16 heteroatoms. The standard InChI is InChI=1S/2C18H30O2.2C15H22O3.C15H22O2.C14H22O2.2C10H14O.16CH4/c2*1-5-17(3,4)16(19)20-18(6-2)11-12-10-15(18)14-9-7-8-13(12)14;2*1-6-11(2)12-7-9-13(10-8-12)17-14(16)18-15(3,4)5;1-3-12(2)13-7-9-14(10-8-13)17-15-6-4-5-11-16-15;1-5-11(3)13-7-9-14(10-8-13)16-12(4)15-6-2;2*1-3-8(2)9-4-6-10(11)7-5-9;;;;;;;;;;;;;;;;/h2*12-15H,5-11H2,1-4H3;2*7-11H,6H2,1-5H3;7-10,12,15H,3-6,11H2,1-2H3;7-12H,5-6H2,1-4H3;2*4-8,11H,3H2,1-2H3;16*1H4. The Morgan fingerprint density at radius 1 is 0.347 bits per heavy atom. The molecule has 860 valence electrons. The molecule has 13 rings (SSSR count). The molecule has 6 aromatic carbocycles. The van der Waals surface area contributed by atoms with Crippen molar-refractivity contribution in [1.82, 2.24) is 0 Å². The quantitative estimate of drug-likeness (QED) is 0.0203. The highest BCUT2D eigenvalue weighted by molar-refractivity contribution is 5.77. The van der Waals surface area contributed by atoms with Crippen LogP contribution in [-0.2, 0) is 38.0 Å². The molecule has 147 heavy (non-hydrogen) atoms. The smallest absolute Gasteiger partial charge is 0.508 e. The highest BCUT2D eigenvalue weighted by Gasteiger charge is 2.64. The molecule has 1 saturated heterocycles. The molecule has 0 amide bonds. The highest BCUT2D eigenvalue weighted by Crippen LogP contribution is 2.66. The molecular formula is C131H240O16. The summed E-state index contributed by atoms with van der Waals surface area (Å²) in [5, 5.41) is 18.0. The van der Waals surface area contributed by atoms with E-state index in [0.29, 0.717) is 76.9 Å². The molecule has 18 unspecified atom stereocenters. The molecule has 7 fully saturated rings. The van der Waals surface area contributed by atoms with Crippen LogP contribution < -0.4 is 18.9 Å². The van der Waals surface area contributed by atoms with Gasteiger partial charge in [-0.05, 0) is 389 Å². The summed E-state index contributed by atoms with van der Waals surface area (Å²) in [6.45, 7) is 59.1. The van der Waals surface area contributed by atoms with Crippen LogP contribution in [0.2, 0.25) is 0 Å². The summed E-state index contributed by atoms with van der Waals surface area (Å²) in [5.41, 5.74) is 5.83. The first-order valence-electron chi connectivity index (χ1n) is 50.8. The van der Waals surface area contributed by atoms with Crippen LogP contribution in [0.5, 0.6) is 34.5 Å². The summed E-state index contributed by atoms with van der Waals surface area (Å²) in [6.07, 6.45) is 25.7. The Morgan fingerprint density at radius 2 is 0.612 bits per heavy atom. The van der Waals surface area contributed by atoms with Crippen LogP contribution in [0.3, 0.4) is 0 Å². The van der Waals surface area contributed by atoms with Gasteiger partial charge < -0.3 is 57.6 Å². The van der Waals surface area contributed by atoms with E-state index in [4.69, 9.17) is 57.6 Å². The number of esters is 2. The fourth-order valence-corrected chi connectivity index (χ4v) is 19.2. The predicted octanol–water partition coefficient (Wildman–Crippen LogP) is 42.2. The maximum absolute atomic E-state index is 12.6. The zero-order chi connectivity index (χ0) is 97.2. The minimum atomic E-state index is -0.668. The molecule has 0 radical (unpaired) electrons. The fraction of sp³-hybridized carbons (Fsp3) is 0.695. The van der Waals surface area contributed by atoms with E-state index in [1.165, 1.54) is 97.6 Å². The number of phenolic OH excluding ortho intramolecular Hbond substituents is 2. The van der Waals surface area contributed by atoms with E-state index in [-0.39, 0.29) is 165 Å². The Morgan fingerprint density at radius 3 is 0.857 bits per heavy atom. The molecule has 7 aliphatic rings. The lowest BCUT2D eigenvalue weighted by atomic mass is 9.71. The molecular weight excluding hydrogens is 1830 g/mol. The molecule has 2 N–H and O–H groups in total. The minimum absolute atomic E-state index is 0. The van der Waals surface area contributed by atoms with Crippen molar-refractivity contribution in [1.29, 1.82) is 0 Å². The Bertz CT molecular complexity index is 4040. The lowest BCUT2D eigenvalue weighted by molar-refractivity contribution is -0.182. The number of fused-ring (bicyclic) bond motifs is 10. The highest BCUT2D eigenvalue weighted by atomic mass is 16.7. The van der Waals surface area contributed by atoms with E-state index in [1.54, 1.807) is 90.1 Å². The largest absolute Gasteiger partial charge is 0.514 e. The number of aromatic hydroxyl groups is 2. The second kappa shape index (κ2) is 77.3. The first kappa shape index (κ1) is 161. The number of hydrogen-bond acceptors (Lipinski definition) is 16. The second-order valence-electron chi connectivity index (χ2n) is 41.7. The molecule has 1 aliphatic heterocycles. The number of hydrogen-bond donors (Lipinski definition) is 2. The van der Waals surface area contributed by atoms with E-state index < -0.39 is 23.5 Å². The lowest BCUT2D eigenvalue weighted by Crippen LogP contribution is -2.47. The van der Waals surface area contributed by atoms with Crippen molar-refractivity contribution in [3.8, 4) is 34.5 Å². The molecule has 0 aromatic heterocycles. The molecule has 18 atom stereocenters. The average Bonchev–Trinajstić information content (AvgIpc) is 1.57. The number of ether oxygens (including phenoxy) is 10. The van der Waals surface area contributed by atoms with Crippen LogP contribution in [0.1, 0.15) is 529 Å². The maximum Gasteiger partial charge on any atom is 0.514 e. The average molecular weight is 2070 g/mol. The van der Waals surface area contributed by atoms with Crippen molar-refractivity contribution in [2.24, 2.45) is 58.2 Å². The minimum Gasteiger partial charge on any atom is -0.508 e. The molecule has 6 saturated carbocycles. The summed E-state index contributed by atoms with van der Waals surface area (Å²) >= 11 is 0. The van der Waals surface area contributed by atoms with Gasteiger partial charge in [-0.2, -0.15) is 0 Å². The number of rotatable bonds is 28. The Labute approximate surface area is 911 Å². The number of carbonyl (C=O) groups is 4. The number of carbonyl (C=O) groups excluding carboxylic acids is 4. The second-order valence-corrected chi connectivity index (χ2v) is 41.7. The van der Waals surface area contributed by atoms with Crippen LogP contribution in [0, 0.1) is 58.2 Å². The summed E-state index contributed by atoms with van der Waals surface area (Å²) < 4.78 is 55.1. The van der Waals surface area contributed by atoms with Crippen molar-refractivity contribution in [3.05, 3.63) is 179 Å². The van der Waals surface area contributed by atoms with Crippen LogP contribution in [0.15, 0.2) is 146 Å². The summed E-state index contributed by atoms with van der Waals surface area (Å²) in [7, 11) is 0. The maximum atomic E-state index is 12.6. The zero-order valence-electron chi connectivity index (χ0n) is 86.4. The van der Waals surface area contributed by atoms with Crippen molar-refractivity contribution in [2.45, 2.75) is 531 Å². The third-order valence-corrected chi connectivity index (χ3v) is 29.5. The van der Waals surface area contributed by atoms with Crippen molar-refractivity contribution >= 4 is 24.2 Å². The first-order valence-corrected chi connectivity index (χ1v) is 50.8. The van der Waals surface area contributed by atoms with E-state index in [1.807, 2.05) is 102 Å². The van der Waals surface area contributed by atoms with Gasteiger partial charge in [0.15, 0.2) is 12.6 Å². The van der Waals surface area contributed by atoms with Gasteiger partial charge in [0.2, 0.25) is 0 Å². The molecule has 6 aromatic rings. The van der Waals surface area contributed by atoms with Gasteiger partial charge in [-0.25, -0.2) is 9.59 Å². The molecule has 1 heterocycles. The van der Waals surface area contributed by atoms with Gasteiger partial charge in [0.1, 0.15) is 56.9 Å². The Kier molecular flexibility index (Phi) is 84.9. The van der Waals surface area contributed by atoms with Gasteiger partial charge in [-0.15, -0.1) is 0 Å². The summed E-state index contributed by atoms with van der Waals surface area (Å²) in [4.78, 5) is 48.0. The van der Waals surface area contributed by atoms with Crippen LogP contribution in [0.25, 0.3) is 0 Å². The molecule has 4 bridgehead atoms. The normalized spacial score (nSPS) is 20.9. The van der Waals surface area contributed by atoms with E-state index in [0.717, 1.165) is 137 Å². The monoisotopic (exact) mass is 2070 g/mol.